The molecule has 0 radical (unpaired) electrons. The van der Waals surface area contributed by atoms with E-state index in [1.165, 1.54) is 12.6 Å². The van der Waals surface area contributed by atoms with Crippen LogP contribution < -0.4 is 10.5 Å². The number of nitrogens with one attached hydrogen (secondary N) is 2. The van der Waals surface area contributed by atoms with Crippen molar-refractivity contribution in [3.05, 3.63) is 11.8 Å². The molecule has 2 rings (SSSR count). The van der Waals surface area contributed by atoms with Crippen LogP contribution in [0.15, 0.2) is 11.2 Å². The van der Waals surface area contributed by atoms with Crippen LogP contribution in [0.25, 0.3) is 0 Å². The van der Waals surface area contributed by atoms with Crippen LogP contribution >= 0.6 is 0 Å². The van der Waals surface area contributed by atoms with Gasteiger partial charge in [0.1, 0.15) is 0 Å². The van der Waals surface area contributed by atoms with Gasteiger partial charge in [-0.15, -0.1) is 0 Å². The molecule has 0 spiro atoms. The minimum absolute atomic E-state index is 0.0117. The third-order valence-electron chi connectivity index (χ3n) is 3.58. The standard InChI is InChI=1S/C11H20N4O2S/c1-8-4-2-3-5-10(8)15-18(16,17)11-9(6-12)7-13-14-11/h7-8,10,15H,2-6,12H2,1H3,(H,13,14). The van der Waals surface area contributed by atoms with Gasteiger partial charge in [-0.1, -0.05) is 19.8 Å². The third kappa shape index (κ3) is 2.73. The van der Waals surface area contributed by atoms with Crippen LogP contribution in [0.4, 0.5) is 0 Å². The summed E-state index contributed by atoms with van der Waals surface area (Å²) < 4.78 is 27.3. The Morgan fingerprint density at radius 3 is 2.89 bits per heavy atom. The fourth-order valence-electron chi connectivity index (χ4n) is 2.43. The van der Waals surface area contributed by atoms with Crippen LogP contribution in [-0.2, 0) is 16.6 Å². The zero-order chi connectivity index (χ0) is 13.2. The van der Waals surface area contributed by atoms with Crippen molar-refractivity contribution in [2.75, 3.05) is 0 Å². The number of aromatic amines is 1. The number of sulfonamides is 1. The predicted octanol–water partition coefficient (Wildman–Crippen LogP) is 0.725. The number of H-pyrrole nitrogens is 1. The highest BCUT2D eigenvalue weighted by Gasteiger charge is 2.28. The van der Waals surface area contributed by atoms with Gasteiger partial charge in [-0.25, -0.2) is 13.1 Å². The van der Waals surface area contributed by atoms with Crippen molar-refractivity contribution in [1.29, 1.82) is 0 Å². The van der Waals surface area contributed by atoms with Crippen LogP contribution in [0.3, 0.4) is 0 Å². The Labute approximate surface area is 107 Å². The smallest absolute Gasteiger partial charge is 0.258 e. The zero-order valence-corrected chi connectivity index (χ0v) is 11.3. The molecule has 1 aromatic heterocycles. The molecule has 7 heteroatoms. The topological polar surface area (TPSA) is 101 Å². The molecule has 1 aliphatic rings. The summed E-state index contributed by atoms with van der Waals surface area (Å²) >= 11 is 0. The molecule has 6 nitrogen and oxygen atoms in total. The number of hydrogen-bond acceptors (Lipinski definition) is 4. The summed E-state index contributed by atoms with van der Waals surface area (Å²) in [5.74, 6) is 0.373. The Balaban J connectivity index is 2.16. The van der Waals surface area contributed by atoms with E-state index in [4.69, 9.17) is 5.73 Å². The van der Waals surface area contributed by atoms with Gasteiger partial charge in [-0.3, -0.25) is 5.10 Å². The summed E-state index contributed by atoms with van der Waals surface area (Å²) in [4.78, 5) is 0. The normalized spacial score (nSPS) is 25.2. The summed E-state index contributed by atoms with van der Waals surface area (Å²) in [6, 6.07) is 0.0117. The number of aromatic nitrogens is 2. The first-order valence-electron chi connectivity index (χ1n) is 6.29. The van der Waals surface area contributed by atoms with Gasteiger partial charge in [-0.05, 0) is 18.8 Å². The summed E-state index contributed by atoms with van der Waals surface area (Å²) in [6.07, 6.45) is 5.67. The molecule has 2 atom stereocenters. The first-order valence-corrected chi connectivity index (χ1v) is 7.77. The van der Waals surface area contributed by atoms with Gasteiger partial charge in [0.15, 0.2) is 5.03 Å². The van der Waals surface area contributed by atoms with Crippen molar-refractivity contribution in [3.8, 4) is 0 Å². The van der Waals surface area contributed by atoms with Crippen LogP contribution in [0, 0.1) is 5.92 Å². The molecule has 0 aliphatic heterocycles. The molecule has 0 aromatic carbocycles. The number of nitrogens with two attached hydrogens (primary N) is 1. The highest BCUT2D eigenvalue weighted by molar-refractivity contribution is 7.89. The molecule has 102 valence electrons. The lowest BCUT2D eigenvalue weighted by molar-refractivity contribution is 0.310. The lowest BCUT2D eigenvalue weighted by Gasteiger charge is -2.29. The number of nitrogens with zero attached hydrogens (tertiary/aromatic N) is 1. The van der Waals surface area contributed by atoms with Gasteiger partial charge in [0.25, 0.3) is 10.0 Å². The number of rotatable bonds is 4. The van der Waals surface area contributed by atoms with Crippen molar-refractivity contribution < 1.29 is 8.42 Å². The quantitative estimate of drug-likeness (QED) is 0.752. The lowest BCUT2D eigenvalue weighted by Crippen LogP contribution is -2.41. The maximum Gasteiger partial charge on any atom is 0.258 e. The van der Waals surface area contributed by atoms with Crippen molar-refractivity contribution in [1.82, 2.24) is 14.9 Å². The maximum atomic E-state index is 12.2. The average Bonchev–Trinajstić information content (AvgIpc) is 2.81. The maximum absolute atomic E-state index is 12.2. The molecule has 0 saturated heterocycles. The molecule has 1 aliphatic carbocycles. The Hall–Kier alpha value is -0.920. The van der Waals surface area contributed by atoms with Crippen LogP contribution in [0.5, 0.6) is 0 Å². The first kappa shape index (κ1) is 13.5. The van der Waals surface area contributed by atoms with Crippen LogP contribution in [-0.4, -0.2) is 24.7 Å². The second-order valence-electron chi connectivity index (χ2n) is 4.92. The monoisotopic (exact) mass is 272 g/mol. The highest BCUT2D eigenvalue weighted by atomic mass is 32.2. The van der Waals surface area contributed by atoms with Gasteiger partial charge >= 0.3 is 0 Å². The Morgan fingerprint density at radius 2 is 2.22 bits per heavy atom. The largest absolute Gasteiger partial charge is 0.326 e. The molecule has 1 fully saturated rings. The Bertz CT molecular complexity index is 497. The van der Waals surface area contributed by atoms with Crippen LogP contribution in [0.1, 0.15) is 38.2 Å². The molecule has 0 amide bonds. The molecule has 1 aromatic rings. The summed E-state index contributed by atoms with van der Waals surface area (Å²) in [6.45, 7) is 2.25. The predicted molar refractivity (Wildman–Crippen MR) is 68.2 cm³/mol. The van der Waals surface area contributed by atoms with E-state index in [1.54, 1.807) is 0 Å². The van der Waals surface area contributed by atoms with E-state index in [9.17, 15) is 8.42 Å². The summed E-state index contributed by atoms with van der Waals surface area (Å²) in [7, 11) is -3.54. The van der Waals surface area contributed by atoms with Crippen molar-refractivity contribution in [3.63, 3.8) is 0 Å². The Morgan fingerprint density at radius 1 is 1.50 bits per heavy atom. The molecule has 1 heterocycles. The van der Waals surface area contributed by atoms with Gasteiger partial charge in [-0.2, -0.15) is 5.10 Å². The van der Waals surface area contributed by atoms with E-state index in [1.807, 2.05) is 0 Å². The van der Waals surface area contributed by atoms with E-state index < -0.39 is 10.0 Å². The third-order valence-corrected chi connectivity index (χ3v) is 5.09. The fourth-order valence-corrected chi connectivity index (χ4v) is 3.95. The zero-order valence-electron chi connectivity index (χ0n) is 10.5. The van der Waals surface area contributed by atoms with Crippen LogP contribution in [0.2, 0.25) is 0 Å². The van der Waals surface area contributed by atoms with Gasteiger partial charge < -0.3 is 5.73 Å². The second-order valence-corrected chi connectivity index (χ2v) is 6.57. The van der Waals surface area contributed by atoms with Gasteiger partial charge in [0.05, 0.1) is 6.20 Å². The van der Waals surface area contributed by atoms with Gasteiger partial charge in [0, 0.05) is 18.2 Å². The number of hydrogen-bond donors (Lipinski definition) is 3. The molecular formula is C11H20N4O2S. The molecule has 18 heavy (non-hydrogen) atoms. The minimum Gasteiger partial charge on any atom is -0.326 e. The molecule has 2 unspecified atom stereocenters. The van der Waals surface area contributed by atoms with Crippen molar-refractivity contribution in [2.24, 2.45) is 11.7 Å². The molecule has 4 N–H and O–H groups in total. The van der Waals surface area contributed by atoms with Crippen molar-refractivity contribution >= 4 is 10.0 Å². The van der Waals surface area contributed by atoms with E-state index >= 15 is 0 Å². The first-order chi connectivity index (χ1) is 8.54. The second kappa shape index (κ2) is 5.38. The van der Waals surface area contributed by atoms with E-state index in [0.717, 1.165) is 19.3 Å². The summed E-state index contributed by atoms with van der Waals surface area (Å²) in [5.41, 5.74) is 6.02. The SMILES string of the molecule is CC1CCCCC1NS(=O)(=O)c1[nH]ncc1CN. The lowest BCUT2D eigenvalue weighted by atomic mass is 9.87. The summed E-state index contributed by atoms with van der Waals surface area (Å²) in [5, 5.41) is 6.37. The fraction of sp³-hybridized carbons (Fsp3) is 0.727. The van der Waals surface area contributed by atoms with Gasteiger partial charge in [0.2, 0.25) is 0 Å². The van der Waals surface area contributed by atoms with Crippen molar-refractivity contribution in [2.45, 2.75) is 50.2 Å². The molecule has 1 saturated carbocycles. The van der Waals surface area contributed by atoms with E-state index in [2.05, 4.69) is 21.8 Å². The van der Waals surface area contributed by atoms with E-state index in [0.29, 0.717) is 11.5 Å². The minimum atomic E-state index is -3.54. The highest BCUT2D eigenvalue weighted by Crippen LogP contribution is 2.25. The molecule has 0 bridgehead atoms. The Kier molecular flexibility index (Phi) is 4.04. The molecular weight excluding hydrogens is 252 g/mol. The van der Waals surface area contributed by atoms with E-state index in [-0.39, 0.29) is 17.6 Å². The average molecular weight is 272 g/mol.